The number of amides is 11. The van der Waals surface area contributed by atoms with Crippen LogP contribution < -0.4 is 87.2 Å². The SMILES string of the molecule is CCCCCCCC(=O)N[C@@H](CCN)C(=O)N[C@H](C(=O)N[C@@H](CCN)C(=O)N[C@H]1CCNC(=O)[C@H]([C@@H](C)O)NC(=O)[C@H](CCN)NC(=O)[C@H](CCN)NC(=O)[C@](C)(CC(C)C)NC(=O)CNC(=O)[C@H](CCN)NC1=O)[C@@H](C)O. The van der Waals surface area contributed by atoms with E-state index in [9.17, 15) is 63.0 Å². The fraction of sp³-hybridized carbons (Fsp3) is 0.776. The van der Waals surface area contributed by atoms with E-state index in [2.05, 4.69) is 65.4 Å². The van der Waals surface area contributed by atoms with Gasteiger partial charge in [-0.2, -0.15) is 0 Å². The lowest BCUT2D eigenvalue weighted by Crippen LogP contribution is -2.63. The summed E-state index contributed by atoms with van der Waals surface area (Å²) in [6.45, 7) is 7.60. The Morgan fingerprint density at radius 1 is 0.628 bits per heavy atom. The van der Waals surface area contributed by atoms with Crippen LogP contribution in [0.25, 0.3) is 0 Å². The molecule has 1 saturated heterocycles. The highest BCUT2D eigenvalue weighted by molar-refractivity contribution is 5.99. The number of hydrogen-bond acceptors (Lipinski definition) is 18. The summed E-state index contributed by atoms with van der Waals surface area (Å²) in [5, 5.41) is 48.8. The highest BCUT2D eigenvalue weighted by Gasteiger charge is 2.40. The van der Waals surface area contributed by atoms with Crippen molar-refractivity contribution < 1.29 is 63.0 Å². The zero-order chi connectivity index (χ0) is 59.1. The second kappa shape index (κ2) is 36.9. The van der Waals surface area contributed by atoms with Crippen LogP contribution in [0.4, 0.5) is 0 Å². The minimum Gasteiger partial charge on any atom is -0.391 e. The van der Waals surface area contributed by atoms with Crippen LogP contribution >= 0.6 is 0 Å². The number of hydrogen-bond donors (Lipinski definition) is 18. The molecule has 0 aromatic heterocycles. The molecule has 1 heterocycles. The summed E-state index contributed by atoms with van der Waals surface area (Å²) >= 11 is 0. The lowest BCUT2D eigenvalue weighted by atomic mass is 9.89. The van der Waals surface area contributed by atoms with Crippen LogP contribution in [-0.2, 0) is 52.7 Å². The predicted octanol–water partition coefficient (Wildman–Crippen LogP) is -6.71. The molecule has 1 fully saturated rings. The molecule has 0 aromatic rings. The maximum Gasteiger partial charge on any atom is 0.246 e. The summed E-state index contributed by atoms with van der Waals surface area (Å²) in [5.74, 6) is -9.92. The zero-order valence-electron chi connectivity index (χ0n) is 46.3. The quantitative estimate of drug-likeness (QED) is 0.0340. The van der Waals surface area contributed by atoms with Crippen LogP contribution in [0, 0.1) is 5.92 Å². The van der Waals surface area contributed by atoms with E-state index in [-0.39, 0.29) is 83.6 Å². The standard InChI is InChI=1S/C49H92N16O13/c1-7-8-9-10-11-12-36(68)57-31(14-20-51)44(74)64-39(29(5)67)47(77)61-32(15-21-52)41(71)60-35-18-24-55-46(76)38(28(4)66)63-45(75)33(16-22-53)59-42(72)34(17-23-54)62-48(78)49(6,25-27(2)3)65-37(69)26-56-40(70)30(13-19-50)58-43(35)73/h27-35,38-39,66-67H,7-26,50-54H2,1-6H3,(H,55,76)(H,56,70)(H,57,68)(H,58,73)(H,59,72)(H,60,71)(H,61,77)(H,62,78)(H,63,75)(H,64,74)(H,65,69)/t28-,29-,30+,31+,32+,33+,34+,35+,38+,39+,49+/m1/s1. The Bertz CT molecular complexity index is 1980. The summed E-state index contributed by atoms with van der Waals surface area (Å²) in [5.41, 5.74) is 27.3. The predicted molar refractivity (Wildman–Crippen MR) is 287 cm³/mol. The molecule has 0 aliphatic carbocycles. The van der Waals surface area contributed by atoms with Crippen molar-refractivity contribution in [3.63, 3.8) is 0 Å². The second-order valence-corrected chi connectivity index (χ2v) is 20.2. The van der Waals surface area contributed by atoms with Crippen molar-refractivity contribution in [2.24, 2.45) is 34.6 Å². The number of rotatable bonds is 27. The molecule has 29 heteroatoms. The number of aliphatic hydroxyl groups is 2. The second-order valence-electron chi connectivity index (χ2n) is 20.2. The summed E-state index contributed by atoms with van der Waals surface area (Å²) in [4.78, 5) is 151. The van der Waals surface area contributed by atoms with E-state index < -0.39 is 151 Å². The maximum atomic E-state index is 14.2. The van der Waals surface area contributed by atoms with Gasteiger partial charge in [-0.25, -0.2) is 0 Å². The molecular weight excluding hydrogens is 1020 g/mol. The summed E-state index contributed by atoms with van der Waals surface area (Å²) in [6, 6.07) is -11.9. The highest BCUT2D eigenvalue weighted by Crippen LogP contribution is 2.18. The van der Waals surface area contributed by atoms with Crippen molar-refractivity contribution in [1.82, 2.24) is 58.5 Å². The Balaban J connectivity index is 3.70. The van der Waals surface area contributed by atoms with Crippen LogP contribution in [0.5, 0.6) is 0 Å². The Kier molecular flexibility index (Phi) is 33.1. The fourth-order valence-corrected chi connectivity index (χ4v) is 8.43. The number of unbranched alkanes of at least 4 members (excludes halogenated alkanes) is 4. The van der Waals surface area contributed by atoms with Crippen molar-refractivity contribution in [2.75, 3.05) is 45.8 Å². The number of carbonyl (C=O) groups is 11. The maximum absolute atomic E-state index is 14.2. The van der Waals surface area contributed by atoms with E-state index in [1.165, 1.54) is 20.8 Å². The summed E-state index contributed by atoms with van der Waals surface area (Å²) in [6.07, 6.45) is 0.252. The van der Waals surface area contributed by atoms with Gasteiger partial charge >= 0.3 is 0 Å². The molecule has 23 N–H and O–H groups in total. The minimum atomic E-state index is -1.69. The third-order valence-corrected chi connectivity index (χ3v) is 12.6. The largest absolute Gasteiger partial charge is 0.391 e. The molecule has 29 nitrogen and oxygen atoms in total. The molecule has 0 radical (unpaired) electrons. The van der Waals surface area contributed by atoms with Gasteiger partial charge in [-0.3, -0.25) is 52.7 Å². The molecule has 78 heavy (non-hydrogen) atoms. The normalized spacial score (nSPS) is 23.5. The lowest BCUT2D eigenvalue weighted by molar-refractivity contribution is -0.137. The first kappa shape index (κ1) is 69.9. The van der Waals surface area contributed by atoms with Crippen molar-refractivity contribution in [3.05, 3.63) is 0 Å². The van der Waals surface area contributed by atoms with E-state index in [4.69, 9.17) is 28.7 Å². The molecule has 0 saturated carbocycles. The first-order valence-corrected chi connectivity index (χ1v) is 27.0. The van der Waals surface area contributed by atoms with Crippen LogP contribution in [0.15, 0.2) is 0 Å². The van der Waals surface area contributed by atoms with Gasteiger partial charge in [0.1, 0.15) is 53.9 Å². The Morgan fingerprint density at radius 3 is 1.71 bits per heavy atom. The molecule has 1 rings (SSSR count). The molecular formula is C49H92N16O13. The van der Waals surface area contributed by atoms with Gasteiger partial charge in [0, 0.05) is 13.0 Å². The number of carbonyl (C=O) groups excluding carboxylic acids is 11. The Morgan fingerprint density at radius 2 is 1.17 bits per heavy atom. The van der Waals surface area contributed by atoms with Crippen LogP contribution in [0.2, 0.25) is 0 Å². The first-order chi connectivity index (χ1) is 36.8. The third kappa shape index (κ3) is 25.1. The molecule has 0 unspecified atom stereocenters. The topological polar surface area (TPSA) is 491 Å². The van der Waals surface area contributed by atoms with Gasteiger partial charge in [-0.15, -0.1) is 0 Å². The molecule has 0 spiro atoms. The molecule has 446 valence electrons. The molecule has 1 aliphatic rings. The average molecular weight is 1110 g/mol. The van der Waals surface area contributed by atoms with Crippen molar-refractivity contribution >= 4 is 65.0 Å². The van der Waals surface area contributed by atoms with Gasteiger partial charge in [-0.05, 0) is 111 Å². The molecule has 11 atom stereocenters. The fourth-order valence-electron chi connectivity index (χ4n) is 8.43. The van der Waals surface area contributed by atoms with Crippen molar-refractivity contribution in [3.8, 4) is 0 Å². The van der Waals surface area contributed by atoms with Gasteiger partial charge in [-0.1, -0.05) is 46.5 Å². The summed E-state index contributed by atoms with van der Waals surface area (Å²) < 4.78 is 0. The van der Waals surface area contributed by atoms with Gasteiger partial charge in [0.25, 0.3) is 0 Å². The zero-order valence-corrected chi connectivity index (χ0v) is 46.3. The number of nitrogens with two attached hydrogens (primary N) is 5. The monoisotopic (exact) mass is 1110 g/mol. The Labute approximate surface area is 456 Å². The van der Waals surface area contributed by atoms with Crippen molar-refractivity contribution in [2.45, 2.75) is 191 Å². The van der Waals surface area contributed by atoms with Gasteiger partial charge in [0.05, 0.1) is 18.8 Å². The van der Waals surface area contributed by atoms with E-state index >= 15 is 0 Å². The van der Waals surface area contributed by atoms with E-state index in [1.807, 2.05) is 0 Å². The van der Waals surface area contributed by atoms with E-state index in [0.717, 1.165) is 25.7 Å². The van der Waals surface area contributed by atoms with Gasteiger partial charge in [0.2, 0.25) is 65.0 Å². The Hall–Kier alpha value is -6.11. The van der Waals surface area contributed by atoms with E-state index in [1.54, 1.807) is 13.8 Å². The number of aliphatic hydroxyl groups excluding tert-OH is 2. The van der Waals surface area contributed by atoms with Gasteiger partial charge < -0.3 is 97.4 Å². The third-order valence-electron chi connectivity index (χ3n) is 12.6. The summed E-state index contributed by atoms with van der Waals surface area (Å²) in [7, 11) is 0. The van der Waals surface area contributed by atoms with Crippen LogP contribution in [-0.4, -0.2) is 187 Å². The smallest absolute Gasteiger partial charge is 0.246 e. The van der Waals surface area contributed by atoms with Gasteiger partial charge in [0.15, 0.2) is 0 Å². The minimum absolute atomic E-state index is 0.00958. The highest BCUT2D eigenvalue weighted by atomic mass is 16.3. The molecule has 0 bridgehead atoms. The lowest BCUT2D eigenvalue weighted by Gasteiger charge is -2.33. The van der Waals surface area contributed by atoms with Crippen molar-refractivity contribution in [1.29, 1.82) is 0 Å². The van der Waals surface area contributed by atoms with Crippen LogP contribution in [0.1, 0.15) is 125 Å². The number of nitrogens with one attached hydrogen (secondary N) is 11. The van der Waals surface area contributed by atoms with E-state index in [0.29, 0.717) is 6.42 Å². The molecule has 11 amide bonds. The first-order valence-electron chi connectivity index (χ1n) is 27.0. The average Bonchev–Trinajstić information content (AvgIpc) is 3.36. The van der Waals surface area contributed by atoms with Crippen LogP contribution in [0.3, 0.4) is 0 Å². The molecule has 1 aliphatic heterocycles. The molecule has 0 aromatic carbocycles.